The summed E-state index contributed by atoms with van der Waals surface area (Å²) in [7, 11) is -3.09. The quantitative estimate of drug-likeness (QED) is 0.350. The highest BCUT2D eigenvalue weighted by Gasteiger charge is 2.65. The molecule has 0 spiro atoms. The van der Waals surface area contributed by atoms with E-state index >= 15 is 0 Å². The Labute approximate surface area is 230 Å². The van der Waals surface area contributed by atoms with Gasteiger partial charge in [0.1, 0.15) is 21.5 Å². The Morgan fingerprint density at radius 1 is 1.02 bits per heavy atom. The Morgan fingerprint density at radius 2 is 1.75 bits per heavy atom. The van der Waals surface area contributed by atoms with Gasteiger partial charge in [0, 0.05) is 37.0 Å². The predicted octanol–water partition coefficient (Wildman–Crippen LogP) is 4.33. The van der Waals surface area contributed by atoms with Crippen molar-refractivity contribution in [2.24, 2.45) is 5.41 Å². The smallest absolute Gasteiger partial charge is 0.222 e. The lowest BCUT2D eigenvalue weighted by molar-refractivity contribution is 0.242. The molecule has 3 aromatic heterocycles. The van der Waals surface area contributed by atoms with E-state index < -0.39 is 26.9 Å². The van der Waals surface area contributed by atoms with Crippen LogP contribution in [0.4, 0.5) is 14.7 Å². The first-order valence-corrected chi connectivity index (χ1v) is 15.0. The van der Waals surface area contributed by atoms with Gasteiger partial charge in [0.2, 0.25) is 5.95 Å². The summed E-state index contributed by atoms with van der Waals surface area (Å²) in [5.74, 6) is -0.951. The van der Waals surface area contributed by atoms with Gasteiger partial charge in [-0.05, 0) is 47.9 Å². The lowest BCUT2D eigenvalue weighted by atomic mass is 9.66. The van der Waals surface area contributed by atoms with E-state index in [2.05, 4.69) is 44.3 Å². The number of nitrogens with one attached hydrogen (secondary N) is 1. The van der Waals surface area contributed by atoms with Crippen molar-refractivity contribution in [1.29, 1.82) is 0 Å². The van der Waals surface area contributed by atoms with Gasteiger partial charge in [0.25, 0.3) is 0 Å². The number of nitrogens with zero attached hydrogens (tertiary/aromatic N) is 6. The summed E-state index contributed by atoms with van der Waals surface area (Å²) in [6.07, 6.45) is 9.44. The number of benzene rings is 1. The Morgan fingerprint density at radius 3 is 2.45 bits per heavy atom. The van der Waals surface area contributed by atoms with Gasteiger partial charge in [0.15, 0.2) is 0 Å². The normalized spacial score (nSPS) is 20.9. The van der Waals surface area contributed by atoms with E-state index in [0.717, 1.165) is 29.8 Å². The van der Waals surface area contributed by atoms with Gasteiger partial charge >= 0.3 is 0 Å². The maximum atomic E-state index is 14.5. The average Bonchev–Trinajstić information content (AvgIpc) is 3.29. The van der Waals surface area contributed by atoms with E-state index in [1.165, 1.54) is 24.5 Å². The van der Waals surface area contributed by atoms with Crippen molar-refractivity contribution < 1.29 is 17.2 Å². The van der Waals surface area contributed by atoms with Crippen LogP contribution < -0.4 is 5.32 Å². The van der Waals surface area contributed by atoms with Crippen molar-refractivity contribution in [3.05, 3.63) is 77.6 Å². The number of fused-ring (bicyclic) bond motifs is 5. The zero-order chi connectivity index (χ0) is 28.3. The molecule has 12 heteroatoms. The first kappa shape index (κ1) is 26.3. The third kappa shape index (κ3) is 4.12. The molecule has 0 aliphatic heterocycles. The molecule has 1 fully saturated rings. The van der Waals surface area contributed by atoms with Gasteiger partial charge in [-0.25, -0.2) is 32.2 Å². The summed E-state index contributed by atoms with van der Waals surface area (Å²) < 4.78 is 51.8. The molecule has 2 aliphatic carbocycles. The summed E-state index contributed by atoms with van der Waals surface area (Å²) in [5.41, 5.74) is 2.80. The lowest BCUT2D eigenvalue weighted by Gasteiger charge is -2.37. The van der Waals surface area contributed by atoms with Crippen LogP contribution in [0, 0.1) is 17.0 Å². The van der Waals surface area contributed by atoms with Crippen molar-refractivity contribution in [2.45, 2.75) is 38.0 Å². The van der Waals surface area contributed by atoms with Crippen LogP contribution in [-0.4, -0.2) is 57.1 Å². The van der Waals surface area contributed by atoms with E-state index in [0.29, 0.717) is 17.2 Å². The topological polar surface area (TPSA) is 124 Å². The summed E-state index contributed by atoms with van der Waals surface area (Å²) in [6, 6.07) is 5.54. The van der Waals surface area contributed by atoms with Gasteiger partial charge in [-0.2, -0.15) is 5.10 Å². The molecular weight excluding hydrogens is 536 g/mol. The number of halogens is 2. The maximum Gasteiger partial charge on any atom is 0.222 e. The fourth-order valence-corrected chi connectivity index (χ4v) is 6.84. The van der Waals surface area contributed by atoms with Gasteiger partial charge < -0.3 is 5.32 Å². The molecule has 6 rings (SSSR count). The van der Waals surface area contributed by atoms with Crippen molar-refractivity contribution in [1.82, 2.24) is 30.1 Å². The molecule has 0 unspecified atom stereocenters. The molecule has 1 saturated carbocycles. The zero-order valence-electron chi connectivity index (χ0n) is 22.2. The highest BCUT2D eigenvalue weighted by Crippen LogP contribution is 2.69. The molecule has 3 heterocycles. The van der Waals surface area contributed by atoms with Crippen LogP contribution in [0.2, 0.25) is 0 Å². The molecule has 9 nitrogen and oxygen atoms in total. The van der Waals surface area contributed by atoms with E-state index in [4.69, 9.17) is 4.98 Å². The number of sulfone groups is 1. The fraction of sp³-hybridized carbons (Fsp3) is 0.357. The lowest BCUT2D eigenvalue weighted by Crippen LogP contribution is -2.38. The summed E-state index contributed by atoms with van der Waals surface area (Å²) >= 11 is 0. The number of aromatic nitrogens is 6. The van der Waals surface area contributed by atoms with Gasteiger partial charge in [-0.15, -0.1) is 5.10 Å². The minimum Gasteiger partial charge on any atom is -0.353 e. The average molecular weight is 564 g/mol. The standard InChI is InChI=1S/C28H27F2N7O2S/c1-27(2)18-7-8-28(27,25-17(18)11-21(36-37-25)24-19(29)5-4-6-20(24)30)23-15-31-14-22(35-23)16-12-33-26(34-13-16)32-9-10-40(3,38)39/h4-6,11-15,18H,7-10H2,1-3H3,(H,32,33,34)/t18-,28-/m0/s1. The molecule has 0 amide bonds. The van der Waals surface area contributed by atoms with Crippen LogP contribution in [0.3, 0.4) is 0 Å². The van der Waals surface area contributed by atoms with Crippen LogP contribution in [0.15, 0.2) is 49.1 Å². The molecule has 4 aromatic rings. The van der Waals surface area contributed by atoms with Crippen molar-refractivity contribution in [3.8, 4) is 22.5 Å². The summed E-state index contributed by atoms with van der Waals surface area (Å²) in [5, 5.41) is 11.8. The third-order valence-electron chi connectivity index (χ3n) is 8.38. The maximum absolute atomic E-state index is 14.5. The highest BCUT2D eigenvalue weighted by atomic mass is 32.2. The van der Waals surface area contributed by atoms with Crippen molar-refractivity contribution in [2.75, 3.05) is 23.9 Å². The molecule has 2 aliphatic rings. The first-order valence-electron chi connectivity index (χ1n) is 12.9. The number of anilines is 1. The molecule has 0 saturated heterocycles. The minimum absolute atomic E-state index is 0.0222. The van der Waals surface area contributed by atoms with Crippen LogP contribution >= 0.6 is 0 Å². The number of rotatable bonds is 7. The van der Waals surface area contributed by atoms with E-state index in [9.17, 15) is 17.2 Å². The summed E-state index contributed by atoms with van der Waals surface area (Å²) in [4.78, 5) is 18.1. The molecule has 0 radical (unpaired) electrons. The monoisotopic (exact) mass is 563 g/mol. The van der Waals surface area contributed by atoms with E-state index in [-0.39, 0.29) is 34.9 Å². The molecule has 1 aromatic carbocycles. The first-order chi connectivity index (χ1) is 19.0. The predicted molar refractivity (Wildman–Crippen MR) is 145 cm³/mol. The Kier molecular flexibility index (Phi) is 6.13. The molecule has 2 atom stereocenters. The minimum atomic E-state index is -3.09. The number of hydrogen-bond acceptors (Lipinski definition) is 9. The van der Waals surface area contributed by atoms with Crippen LogP contribution in [-0.2, 0) is 15.3 Å². The van der Waals surface area contributed by atoms with Gasteiger partial charge in [-0.3, -0.25) is 4.98 Å². The third-order valence-corrected chi connectivity index (χ3v) is 9.32. The second-order valence-corrected chi connectivity index (χ2v) is 13.2. The number of hydrogen-bond donors (Lipinski definition) is 1. The second kappa shape index (κ2) is 9.33. The van der Waals surface area contributed by atoms with Crippen LogP contribution in [0.1, 0.15) is 49.6 Å². The van der Waals surface area contributed by atoms with E-state index in [1.54, 1.807) is 30.9 Å². The van der Waals surface area contributed by atoms with Gasteiger partial charge in [0.05, 0.1) is 45.7 Å². The van der Waals surface area contributed by atoms with Crippen LogP contribution in [0.25, 0.3) is 22.5 Å². The zero-order valence-corrected chi connectivity index (χ0v) is 23.0. The van der Waals surface area contributed by atoms with Crippen LogP contribution in [0.5, 0.6) is 0 Å². The Hall–Kier alpha value is -3.93. The summed E-state index contributed by atoms with van der Waals surface area (Å²) in [6.45, 7) is 4.55. The SMILES string of the molecule is CC1(C)[C@H]2CC[C@]1(c1cncc(-c3cnc(NCCS(C)(=O)=O)nc3)n1)c1nnc(-c3c(F)cccc3F)cc12. The van der Waals surface area contributed by atoms with Crippen molar-refractivity contribution in [3.63, 3.8) is 0 Å². The second-order valence-electron chi connectivity index (χ2n) is 11.0. The Bertz CT molecular complexity index is 1710. The highest BCUT2D eigenvalue weighted by molar-refractivity contribution is 7.90. The molecule has 40 heavy (non-hydrogen) atoms. The fourth-order valence-electron chi connectivity index (χ4n) is 6.37. The molecule has 1 N–H and O–H groups in total. The molecular formula is C28H27F2N7O2S. The molecule has 2 bridgehead atoms. The Balaban J connectivity index is 1.35. The molecule has 206 valence electrons. The van der Waals surface area contributed by atoms with Gasteiger partial charge in [-0.1, -0.05) is 19.9 Å². The largest absolute Gasteiger partial charge is 0.353 e. The van der Waals surface area contributed by atoms with E-state index in [1.807, 2.05) is 0 Å². The van der Waals surface area contributed by atoms with Crippen molar-refractivity contribution >= 4 is 15.8 Å².